The highest BCUT2D eigenvalue weighted by Gasteiger charge is 2.23. The SMILES string of the molecule is C=CC1OC(OC(C)=O)C=CC1=O. The van der Waals surface area contributed by atoms with Crippen molar-refractivity contribution in [3.8, 4) is 0 Å². The lowest BCUT2D eigenvalue weighted by Gasteiger charge is -2.21. The maximum atomic E-state index is 11.0. The van der Waals surface area contributed by atoms with Crippen LogP contribution in [0.25, 0.3) is 0 Å². The van der Waals surface area contributed by atoms with Crippen molar-refractivity contribution < 1.29 is 19.1 Å². The Balaban J connectivity index is 2.62. The summed E-state index contributed by atoms with van der Waals surface area (Å²) in [6.07, 6.45) is 2.59. The van der Waals surface area contributed by atoms with Crippen LogP contribution in [-0.4, -0.2) is 24.1 Å². The zero-order chi connectivity index (χ0) is 9.84. The predicted octanol–water partition coefficient (Wildman–Crippen LogP) is 0.586. The Kier molecular flexibility index (Phi) is 2.97. The van der Waals surface area contributed by atoms with Crippen LogP contribution < -0.4 is 0 Å². The zero-order valence-corrected chi connectivity index (χ0v) is 7.23. The first-order chi connectivity index (χ1) is 6.13. The van der Waals surface area contributed by atoms with E-state index in [0.29, 0.717) is 0 Å². The summed E-state index contributed by atoms with van der Waals surface area (Å²) in [5.41, 5.74) is 0. The molecule has 1 rings (SSSR count). The van der Waals surface area contributed by atoms with Crippen LogP contribution in [0.2, 0.25) is 0 Å². The second-order valence-electron chi connectivity index (χ2n) is 2.53. The molecule has 1 heterocycles. The van der Waals surface area contributed by atoms with Crippen molar-refractivity contribution in [2.24, 2.45) is 0 Å². The summed E-state index contributed by atoms with van der Waals surface area (Å²) in [6.45, 7) is 4.70. The first kappa shape index (κ1) is 9.67. The highest BCUT2D eigenvalue weighted by Crippen LogP contribution is 2.11. The average molecular weight is 182 g/mol. The number of rotatable bonds is 2. The monoisotopic (exact) mass is 182 g/mol. The van der Waals surface area contributed by atoms with Gasteiger partial charge in [-0.3, -0.25) is 9.59 Å². The number of ketones is 1. The molecule has 0 aromatic carbocycles. The lowest BCUT2D eigenvalue weighted by Crippen LogP contribution is -2.32. The molecule has 0 amide bonds. The third-order valence-corrected chi connectivity index (χ3v) is 1.47. The maximum Gasteiger partial charge on any atom is 0.305 e. The van der Waals surface area contributed by atoms with Crippen molar-refractivity contribution in [3.63, 3.8) is 0 Å². The maximum absolute atomic E-state index is 11.0. The van der Waals surface area contributed by atoms with E-state index in [1.807, 2.05) is 0 Å². The fraction of sp³-hybridized carbons (Fsp3) is 0.333. The molecule has 0 saturated heterocycles. The van der Waals surface area contributed by atoms with E-state index in [0.717, 1.165) is 0 Å². The lowest BCUT2D eigenvalue weighted by atomic mass is 10.2. The first-order valence-corrected chi connectivity index (χ1v) is 3.81. The molecule has 1 aliphatic rings. The van der Waals surface area contributed by atoms with E-state index in [9.17, 15) is 9.59 Å². The van der Waals surface area contributed by atoms with Gasteiger partial charge in [-0.2, -0.15) is 0 Å². The minimum absolute atomic E-state index is 0.196. The Morgan fingerprint density at radius 2 is 2.46 bits per heavy atom. The molecule has 4 heteroatoms. The van der Waals surface area contributed by atoms with Crippen molar-refractivity contribution >= 4 is 11.8 Å². The van der Waals surface area contributed by atoms with E-state index in [-0.39, 0.29) is 5.78 Å². The fourth-order valence-corrected chi connectivity index (χ4v) is 0.928. The van der Waals surface area contributed by atoms with Gasteiger partial charge >= 0.3 is 5.97 Å². The van der Waals surface area contributed by atoms with Crippen LogP contribution in [0.3, 0.4) is 0 Å². The summed E-state index contributed by atoms with van der Waals surface area (Å²) in [4.78, 5) is 21.6. The molecular formula is C9H10O4. The fourth-order valence-electron chi connectivity index (χ4n) is 0.928. The van der Waals surface area contributed by atoms with E-state index in [2.05, 4.69) is 6.58 Å². The van der Waals surface area contributed by atoms with E-state index in [1.54, 1.807) is 0 Å². The van der Waals surface area contributed by atoms with Gasteiger partial charge in [0.2, 0.25) is 6.29 Å². The lowest BCUT2D eigenvalue weighted by molar-refractivity contribution is -0.175. The van der Waals surface area contributed by atoms with Crippen molar-refractivity contribution in [1.82, 2.24) is 0 Å². The Hall–Kier alpha value is -1.42. The molecule has 0 aromatic heterocycles. The van der Waals surface area contributed by atoms with Gasteiger partial charge < -0.3 is 9.47 Å². The highest BCUT2D eigenvalue weighted by atomic mass is 16.7. The molecule has 0 saturated carbocycles. The van der Waals surface area contributed by atoms with Crippen LogP contribution in [0.1, 0.15) is 6.92 Å². The third-order valence-electron chi connectivity index (χ3n) is 1.47. The predicted molar refractivity (Wildman–Crippen MR) is 44.8 cm³/mol. The van der Waals surface area contributed by atoms with Crippen molar-refractivity contribution in [1.29, 1.82) is 0 Å². The van der Waals surface area contributed by atoms with Crippen LogP contribution in [0.5, 0.6) is 0 Å². The summed E-state index contributed by atoms with van der Waals surface area (Å²) in [5.74, 6) is -0.648. The van der Waals surface area contributed by atoms with Gasteiger partial charge in [-0.1, -0.05) is 6.08 Å². The van der Waals surface area contributed by atoms with Gasteiger partial charge in [-0.25, -0.2) is 0 Å². The topological polar surface area (TPSA) is 52.6 Å². The van der Waals surface area contributed by atoms with E-state index >= 15 is 0 Å². The number of carbonyl (C=O) groups is 2. The van der Waals surface area contributed by atoms with Crippen LogP contribution >= 0.6 is 0 Å². The summed E-state index contributed by atoms with van der Waals surface area (Å²) in [5, 5.41) is 0. The van der Waals surface area contributed by atoms with E-state index in [1.165, 1.54) is 25.2 Å². The van der Waals surface area contributed by atoms with Crippen molar-refractivity contribution in [2.45, 2.75) is 19.3 Å². The van der Waals surface area contributed by atoms with Crippen molar-refractivity contribution in [2.75, 3.05) is 0 Å². The van der Waals surface area contributed by atoms with Gasteiger partial charge in [0.1, 0.15) is 6.10 Å². The Morgan fingerprint density at radius 1 is 1.77 bits per heavy atom. The Labute approximate surface area is 75.8 Å². The van der Waals surface area contributed by atoms with Crippen LogP contribution in [-0.2, 0) is 19.1 Å². The van der Waals surface area contributed by atoms with E-state index < -0.39 is 18.4 Å². The molecule has 0 bridgehead atoms. The molecule has 4 nitrogen and oxygen atoms in total. The number of carbonyl (C=O) groups excluding carboxylic acids is 2. The van der Waals surface area contributed by atoms with Gasteiger partial charge in [-0.15, -0.1) is 6.58 Å². The summed E-state index contributed by atoms with van der Waals surface area (Å²) in [6, 6.07) is 0. The summed E-state index contributed by atoms with van der Waals surface area (Å²) >= 11 is 0. The number of esters is 1. The molecule has 13 heavy (non-hydrogen) atoms. The molecule has 0 fully saturated rings. The molecule has 0 N–H and O–H groups in total. The van der Waals surface area contributed by atoms with Gasteiger partial charge in [0, 0.05) is 6.92 Å². The molecule has 0 aromatic rings. The van der Waals surface area contributed by atoms with Gasteiger partial charge in [0.15, 0.2) is 5.78 Å². The molecule has 1 aliphatic heterocycles. The van der Waals surface area contributed by atoms with Gasteiger partial charge in [0.05, 0.1) is 0 Å². The molecule has 0 radical (unpaired) electrons. The largest absolute Gasteiger partial charge is 0.432 e. The Bertz CT molecular complexity index is 267. The second kappa shape index (κ2) is 4.00. The smallest absolute Gasteiger partial charge is 0.305 e. The number of ether oxygens (including phenoxy) is 2. The Morgan fingerprint density at radius 3 is 3.00 bits per heavy atom. The third kappa shape index (κ3) is 2.52. The molecule has 2 unspecified atom stereocenters. The van der Waals surface area contributed by atoms with Crippen LogP contribution in [0.4, 0.5) is 0 Å². The average Bonchev–Trinajstić information content (AvgIpc) is 2.07. The normalized spacial score (nSPS) is 27.0. The minimum Gasteiger partial charge on any atom is -0.432 e. The van der Waals surface area contributed by atoms with Crippen molar-refractivity contribution in [3.05, 3.63) is 24.8 Å². The highest BCUT2D eigenvalue weighted by molar-refractivity contribution is 5.95. The number of hydrogen-bond donors (Lipinski definition) is 0. The van der Waals surface area contributed by atoms with Gasteiger partial charge in [-0.05, 0) is 12.2 Å². The second-order valence-corrected chi connectivity index (χ2v) is 2.53. The van der Waals surface area contributed by atoms with Gasteiger partial charge in [0.25, 0.3) is 0 Å². The van der Waals surface area contributed by atoms with E-state index in [4.69, 9.17) is 9.47 Å². The summed E-state index contributed by atoms with van der Waals surface area (Å²) in [7, 11) is 0. The molecule has 70 valence electrons. The van der Waals surface area contributed by atoms with Crippen LogP contribution in [0, 0.1) is 0 Å². The molecule has 0 aliphatic carbocycles. The first-order valence-electron chi connectivity index (χ1n) is 3.81. The zero-order valence-electron chi connectivity index (χ0n) is 7.23. The van der Waals surface area contributed by atoms with Crippen LogP contribution in [0.15, 0.2) is 24.8 Å². The quantitative estimate of drug-likeness (QED) is 0.463. The molecule has 2 atom stereocenters. The minimum atomic E-state index is -0.779. The summed E-state index contributed by atoms with van der Waals surface area (Å²) < 4.78 is 9.78. The number of hydrogen-bond acceptors (Lipinski definition) is 4. The molecular weight excluding hydrogens is 172 g/mol. The molecule has 0 spiro atoms. The standard InChI is InChI=1S/C9H10O4/c1-3-8-7(11)4-5-9(13-8)12-6(2)10/h3-5,8-9H,1H2,2H3.